The normalized spacial score (nSPS) is 14.2. The summed E-state index contributed by atoms with van der Waals surface area (Å²) in [5.41, 5.74) is 2.95. The molecular weight excluding hydrogens is 494 g/mol. The third kappa shape index (κ3) is 7.16. The van der Waals surface area contributed by atoms with Gasteiger partial charge in [-0.2, -0.15) is 0 Å². The molecule has 2 aromatic carbocycles. The van der Waals surface area contributed by atoms with E-state index in [0.29, 0.717) is 29.2 Å². The average Bonchev–Trinajstić information content (AvgIpc) is 3.36. The Labute approximate surface area is 230 Å². The van der Waals surface area contributed by atoms with Gasteiger partial charge in [0.2, 0.25) is 5.82 Å². The van der Waals surface area contributed by atoms with Crippen LogP contribution in [0.25, 0.3) is 17.1 Å². The molecule has 0 radical (unpaired) electrons. The summed E-state index contributed by atoms with van der Waals surface area (Å²) in [7, 11) is 0. The number of amides is 1. The Morgan fingerprint density at radius 2 is 1.72 bits per heavy atom. The van der Waals surface area contributed by atoms with Crippen molar-refractivity contribution in [2.75, 3.05) is 32.8 Å². The number of benzene rings is 2. The lowest BCUT2D eigenvalue weighted by atomic mass is 9.98. The quantitative estimate of drug-likeness (QED) is 0.280. The van der Waals surface area contributed by atoms with Gasteiger partial charge in [-0.15, -0.1) is 10.2 Å². The van der Waals surface area contributed by atoms with Gasteiger partial charge in [-0.05, 0) is 41.7 Å². The minimum absolute atomic E-state index is 0.0193. The van der Waals surface area contributed by atoms with Crippen LogP contribution < -0.4 is 5.32 Å². The number of ether oxygens (including phenoxy) is 1. The molecule has 1 aliphatic rings. The smallest absolute Gasteiger partial charge is 0.289 e. The molecule has 1 aromatic heterocycles. The Bertz CT molecular complexity index is 1230. The van der Waals surface area contributed by atoms with E-state index in [0.717, 1.165) is 57.7 Å². The van der Waals surface area contributed by atoms with E-state index in [1.807, 2.05) is 38.1 Å². The van der Waals surface area contributed by atoms with Gasteiger partial charge in [0.1, 0.15) is 11.5 Å². The number of carbonyl (C=O) groups excluding carboxylic acids is 1. The lowest BCUT2D eigenvalue weighted by Crippen LogP contribution is -2.35. The van der Waals surface area contributed by atoms with E-state index < -0.39 is 0 Å². The summed E-state index contributed by atoms with van der Waals surface area (Å²) in [6, 6.07) is 11.0. The Balaban J connectivity index is 1.65. The van der Waals surface area contributed by atoms with E-state index in [4.69, 9.17) is 4.74 Å². The van der Waals surface area contributed by atoms with Crippen LogP contribution in [-0.2, 0) is 11.3 Å². The second-order valence-corrected chi connectivity index (χ2v) is 10.5. The number of hydrogen-bond donors (Lipinski definition) is 3. The van der Waals surface area contributed by atoms with Gasteiger partial charge in [0.25, 0.3) is 5.91 Å². The van der Waals surface area contributed by atoms with Crippen molar-refractivity contribution in [2.45, 2.75) is 65.3 Å². The third-order valence-electron chi connectivity index (χ3n) is 7.14. The molecule has 3 N–H and O–H groups in total. The maximum atomic E-state index is 13.3. The second kappa shape index (κ2) is 13.6. The van der Waals surface area contributed by atoms with Gasteiger partial charge >= 0.3 is 0 Å². The van der Waals surface area contributed by atoms with Gasteiger partial charge in [0, 0.05) is 37.9 Å². The largest absolute Gasteiger partial charge is 0.508 e. The molecule has 1 fully saturated rings. The highest BCUT2D eigenvalue weighted by Gasteiger charge is 2.24. The van der Waals surface area contributed by atoms with E-state index in [1.165, 1.54) is 18.9 Å². The van der Waals surface area contributed by atoms with Crippen LogP contribution in [0.4, 0.5) is 0 Å². The van der Waals surface area contributed by atoms with E-state index >= 15 is 0 Å². The first kappa shape index (κ1) is 28.6. The number of unbranched alkanes of at least 4 members (excludes halogenated alkanes) is 4. The number of rotatable bonds is 12. The van der Waals surface area contributed by atoms with E-state index in [2.05, 4.69) is 27.3 Å². The number of phenols is 2. The van der Waals surface area contributed by atoms with Crippen LogP contribution in [0, 0.1) is 0 Å². The molecule has 1 amide bonds. The minimum Gasteiger partial charge on any atom is -0.508 e. The Hall–Kier alpha value is -3.43. The summed E-state index contributed by atoms with van der Waals surface area (Å²) in [5.74, 6) is 0.0873. The van der Waals surface area contributed by atoms with Crippen LogP contribution in [0.2, 0.25) is 0 Å². The second-order valence-electron chi connectivity index (χ2n) is 10.5. The van der Waals surface area contributed by atoms with Gasteiger partial charge < -0.3 is 20.3 Å². The molecule has 3 aromatic rings. The molecule has 1 saturated heterocycles. The number of carbonyl (C=O) groups is 1. The number of aromatic nitrogens is 3. The third-order valence-corrected chi connectivity index (χ3v) is 7.14. The van der Waals surface area contributed by atoms with E-state index in [-0.39, 0.29) is 29.1 Å². The summed E-state index contributed by atoms with van der Waals surface area (Å²) in [4.78, 5) is 15.6. The number of phenolic OH excluding ortho intramolecular Hbond substituents is 2. The van der Waals surface area contributed by atoms with Gasteiger partial charge in [0.15, 0.2) is 5.82 Å². The van der Waals surface area contributed by atoms with Gasteiger partial charge in [-0.3, -0.25) is 14.3 Å². The highest BCUT2D eigenvalue weighted by Crippen LogP contribution is 2.38. The molecular formula is C30H41N5O4. The van der Waals surface area contributed by atoms with Crippen LogP contribution >= 0.6 is 0 Å². The lowest BCUT2D eigenvalue weighted by molar-refractivity contribution is 0.0342. The first-order valence-corrected chi connectivity index (χ1v) is 14.1. The predicted octanol–water partition coefficient (Wildman–Crippen LogP) is 5.00. The molecule has 2 heterocycles. The van der Waals surface area contributed by atoms with Gasteiger partial charge in [0.05, 0.1) is 18.8 Å². The standard InChI is InChI=1S/C30H41N5O4/c1-4-5-6-7-8-13-31-30(38)29-33-32-28(25-18-24(21(2)3)26(36)19-27(25)37)35(29)23-11-9-22(10-12-23)20-34-14-16-39-17-15-34/h9-12,18-19,21,36-37H,4-8,13-17,20H2,1-3H3,(H,31,38). The highest BCUT2D eigenvalue weighted by molar-refractivity contribution is 5.92. The predicted molar refractivity (Wildman–Crippen MR) is 151 cm³/mol. The van der Waals surface area contributed by atoms with Crippen molar-refractivity contribution in [2.24, 2.45) is 0 Å². The topological polar surface area (TPSA) is 113 Å². The Kier molecular flexibility index (Phi) is 9.95. The fourth-order valence-corrected chi connectivity index (χ4v) is 4.86. The van der Waals surface area contributed by atoms with Crippen molar-refractivity contribution in [3.63, 3.8) is 0 Å². The number of nitrogens with one attached hydrogen (secondary N) is 1. The monoisotopic (exact) mass is 535 g/mol. The van der Waals surface area contributed by atoms with Crippen LogP contribution in [0.15, 0.2) is 36.4 Å². The van der Waals surface area contributed by atoms with Crippen molar-refractivity contribution in [3.8, 4) is 28.6 Å². The first-order chi connectivity index (χ1) is 18.9. The molecule has 9 nitrogen and oxygen atoms in total. The van der Waals surface area contributed by atoms with Gasteiger partial charge in [-0.1, -0.05) is 58.6 Å². The lowest BCUT2D eigenvalue weighted by Gasteiger charge is -2.26. The first-order valence-electron chi connectivity index (χ1n) is 14.1. The van der Waals surface area contributed by atoms with E-state index in [9.17, 15) is 15.0 Å². The average molecular weight is 536 g/mol. The Morgan fingerprint density at radius 3 is 2.41 bits per heavy atom. The summed E-state index contributed by atoms with van der Waals surface area (Å²) in [6.45, 7) is 10.8. The van der Waals surface area contributed by atoms with Crippen molar-refractivity contribution in [1.82, 2.24) is 25.0 Å². The van der Waals surface area contributed by atoms with Gasteiger partial charge in [-0.25, -0.2) is 0 Å². The summed E-state index contributed by atoms with van der Waals surface area (Å²) in [5, 5.41) is 32.7. The van der Waals surface area contributed by atoms with Crippen molar-refractivity contribution < 1.29 is 19.7 Å². The fraction of sp³-hybridized carbons (Fsp3) is 0.500. The molecule has 0 atom stereocenters. The molecule has 39 heavy (non-hydrogen) atoms. The van der Waals surface area contributed by atoms with Crippen LogP contribution in [0.3, 0.4) is 0 Å². The maximum absolute atomic E-state index is 13.3. The zero-order valence-electron chi connectivity index (χ0n) is 23.3. The number of hydrogen-bond acceptors (Lipinski definition) is 7. The number of aromatic hydroxyl groups is 2. The molecule has 0 bridgehead atoms. The zero-order chi connectivity index (χ0) is 27.8. The molecule has 9 heteroatoms. The molecule has 4 rings (SSSR count). The molecule has 1 aliphatic heterocycles. The van der Waals surface area contributed by atoms with Crippen LogP contribution in [0.5, 0.6) is 11.5 Å². The molecule has 0 unspecified atom stereocenters. The van der Waals surface area contributed by atoms with E-state index in [1.54, 1.807) is 10.6 Å². The molecule has 0 saturated carbocycles. The number of nitrogens with zero attached hydrogens (tertiary/aromatic N) is 4. The van der Waals surface area contributed by atoms with Crippen LogP contribution in [-0.4, -0.2) is 68.6 Å². The Morgan fingerprint density at radius 1 is 1.00 bits per heavy atom. The molecule has 0 aliphatic carbocycles. The molecule has 210 valence electrons. The molecule has 0 spiro atoms. The summed E-state index contributed by atoms with van der Waals surface area (Å²) in [6.07, 6.45) is 5.49. The SMILES string of the molecule is CCCCCCCNC(=O)c1nnc(-c2cc(C(C)C)c(O)cc2O)n1-c1ccc(CN2CCOCC2)cc1. The highest BCUT2D eigenvalue weighted by atomic mass is 16.5. The van der Waals surface area contributed by atoms with Crippen LogP contribution in [0.1, 0.15) is 80.5 Å². The van der Waals surface area contributed by atoms with Crippen molar-refractivity contribution in [1.29, 1.82) is 0 Å². The van der Waals surface area contributed by atoms with Crippen molar-refractivity contribution in [3.05, 3.63) is 53.3 Å². The summed E-state index contributed by atoms with van der Waals surface area (Å²) >= 11 is 0. The summed E-state index contributed by atoms with van der Waals surface area (Å²) < 4.78 is 7.14. The minimum atomic E-state index is -0.316. The maximum Gasteiger partial charge on any atom is 0.289 e. The van der Waals surface area contributed by atoms with Crippen molar-refractivity contribution >= 4 is 5.91 Å². The zero-order valence-corrected chi connectivity index (χ0v) is 23.3. The fourth-order valence-electron chi connectivity index (χ4n) is 4.86. The number of morpholine rings is 1.